The van der Waals surface area contributed by atoms with Crippen molar-refractivity contribution < 1.29 is 20.1 Å². The first-order chi connectivity index (χ1) is 11.0. The summed E-state index contributed by atoms with van der Waals surface area (Å²) in [5.74, 6) is 0.150. The Hall–Kier alpha value is -1.56. The summed E-state index contributed by atoms with van der Waals surface area (Å²) in [5.41, 5.74) is 0.719. The van der Waals surface area contributed by atoms with Crippen LogP contribution >= 0.6 is 11.6 Å². The van der Waals surface area contributed by atoms with E-state index in [1.807, 2.05) is 11.0 Å². The molecule has 3 atom stereocenters. The Bertz CT molecular complexity index is 646. The standard InChI is InChI=1S/C17H20ClNO4/c18-14-8-17(23)16(22)7-11(14)6-15-13-2-1-12(21)5-10(13)3-4-19(15)9-20/h1-2,7-8,10,13,15,20,22-23H,3-6,9H2/t10?,13?,15-/m0/s1. The summed E-state index contributed by atoms with van der Waals surface area (Å²) in [7, 11) is 0. The minimum Gasteiger partial charge on any atom is -0.504 e. The molecule has 23 heavy (non-hydrogen) atoms. The molecular formula is C17H20ClNO4. The van der Waals surface area contributed by atoms with E-state index in [4.69, 9.17) is 11.6 Å². The second kappa shape index (κ2) is 6.51. The minimum atomic E-state index is -0.248. The normalized spacial score (nSPS) is 27.9. The Morgan fingerprint density at radius 1 is 1.26 bits per heavy atom. The maximum Gasteiger partial charge on any atom is 0.158 e. The van der Waals surface area contributed by atoms with Crippen LogP contribution in [0.25, 0.3) is 0 Å². The molecule has 1 aromatic carbocycles. The van der Waals surface area contributed by atoms with Gasteiger partial charge in [-0.1, -0.05) is 17.7 Å². The molecule has 3 rings (SSSR count). The lowest BCUT2D eigenvalue weighted by atomic mass is 9.72. The van der Waals surface area contributed by atoms with E-state index in [9.17, 15) is 20.1 Å². The fourth-order valence-corrected chi connectivity index (χ4v) is 3.97. The maximum atomic E-state index is 11.6. The zero-order valence-electron chi connectivity index (χ0n) is 12.7. The molecule has 1 aliphatic carbocycles. The Balaban J connectivity index is 1.90. The molecule has 124 valence electrons. The fraction of sp³-hybridized carbons (Fsp3) is 0.471. The first-order valence-electron chi connectivity index (χ1n) is 7.76. The summed E-state index contributed by atoms with van der Waals surface area (Å²) in [4.78, 5) is 13.6. The number of carbonyl (C=O) groups excluding carboxylic acids is 1. The van der Waals surface area contributed by atoms with E-state index in [0.717, 1.165) is 18.5 Å². The van der Waals surface area contributed by atoms with Crippen LogP contribution in [0.5, 0.6) is 11.5 Å². The third-order valence-electron chi connectivity index (χ3n) is 4.97. The maximum absolute atomic E-state index is 11.6. The number of piperidine rings is 1. The zero-order chi connectivity index (χ0) is 16.6. The van der Waals surface area contributed by atoms with Crippen LogP contribution in [-0.2, 0) is 11.2 Å². The van der Waals surface area contributed by atoms with E-state index in [0.29, 0.717) is 17.9 Å². The number of allylic oxidation sites excluding steroid dienone is 1. The number of ketones is 1. The zero-order valence-corrected chi connectivity index (χ0v) is 13.4. The predicted octanol–water partition coefficient (Wildman–Crippen LogP) is 2.08. The first kappa shape index (κ1) is 16.3. The Kier molecular flexibility index (Phi) is 4.62. The largest absolute Gasteiger partial charge is 0.504 e. The van der Waals surface area contributed by atoms with Crippen molar-refractivity contribution in [3.63, 3.8) is 0 Å². The lowest BCUT2D eigenvalue weighted by Gasteiger charge is -2.45. The van der Waals surface area contributed by atoms with E-state index >= 15 is 0 Å². The van der Waals surface area contributed by atoms with Crippen molar-refractivity contribution in [1.29, 1.82) is 0 Å². The monoisotopic (exact) mass is 337 g/mol. The summed E-state index contributed by atoms with van der Waals surface area (Å²) >= 11 is 6.19. The van der Waals surface area contributed by atoms with Crippen LogP contribution in [0.1, 0.15) is 18.4 Å². The van der Waals surface area contributed by atoms with E-state index < -0.39 is 0 Å². The Morgan fingerprint density at radius 2 is 2.00 bits per heavy atom. The first-order valence-corrected chi connectivity index (χ1v) is 8.13. The van der Waals surface area contributed by atoms with Crippen molar-refractivity contribution in [3.05, 3.63) is 34.9 Å². The van der Waals surface area contributed by atoms with Crippen LogP contribution in [0.15, 0.2) is 24.3 Å². The number of carbonyl (C=O) groups is 1. The summed E-state index contributed by atoms with van der Waals surface area (Å²) in [6, 6.07) is 2.80. The Labute approximate surface area is 139 Å². The number of likely N-dealkylation sites (tertiary alicyclic amines) is 1. The van der Waals surface area contributed by atoms with E-state index in [-0.39, 0.29) is 41.9 Å². The summed E-state index contributed by atoms with van der Waals surface area (Å²) in [5, 5.41) is 29.3. The molecule has 1 heterocycles. The molecule has 0 saturated carbocycles. The van der Waals surface area contributed by atoms with Gasteiger partial charge in [-0.05, 0) is 42.4 Å². The van der Waals surface area contributed by atoms with Crippen molar-refractivity contribution in [3.8, 4) is 11.5 Å². The van der Waals surface area contributed by atoms with Crippen molar-refractivity contribution in [2.75, 3.05) is 13.3 Å². The van der Waals surface area contributed by atoms with E-state index in [1.165, 1.54) is 12.1 Å². The molecule has 5 nitrogen and oxygen atoms in total. The molecule has 1 fully saturated rings. The molecule has 0 aromatic heterocycles. The molecule has 2 unspecified atom stereocenters. The highest BCUT2D eigenvalue weighted by molar-refractivity contribution is 6.31. The van der Waals surface area contributed by atoms with Gasteiger partial charge >= 0.3 is 0 Å². The number of halogens is 1. The lowest BCUT2D eigenvalue weighted by molar-refractivity contribution is -0.117. The van der Waals surface area contributed by atoms with Crippen LogP contribution < -0.4 is 0 Å². The number of aliphatic hydroxyl groups excluding tert-OH is 1. The van der Waals surface area contributed by atoms with Crippen molar-refractivity contribution in [2.24, 2.45) is 11.8 Å². The number of aliphatic hydroxyl groups is 1. The quantitative estimate of drug-likeness (QED) is 0.736. The van der Waals surface area contributed by atoms with Crippen molar-refractivity contribution in [1.82, 2.24) is 4.90 Å². The van der Waals surface area contributed by atoms with Gasteiger partial charge in [-0.25, -0.2) is 0 Å². The topological polar surface area (TPSA) is 81.0 Å². The number of hydrogen-bond donors (Lipinski definition) is 3. The average Bonchev–Trinajstić information content (AvgIpc) is 2.52. The van der Waals surface area contributed by atoms with Gasteiger partial charge < -0.3 is 15.3 Å². The van der Waals surface area contributed by atoms with Gasteiger partial charge in [0.05, 0.1) is 6.73 Å². The second-order valence-corrected chi connectivity index (χ2v) is 6.72. The van der Waals surface area contributed by atoms with Gasteiger partial charge in [0, 0.05) is 30.1 Å². The molecule has 0 radical (unpaired) electrons. The van der Waals surface area contributed by atoms with Crippen molar-refractivity contribution in [2.45, 2.75) is 25.3 Å². The summed E-state index contributed by atoms with van der Waals surface area (Å²) in [6.45, 7) is 0.669. The molecule has 6 heteroatoms. The minimum absolute atomic E-state index is 0.00421. The molecule has 0 bridgehead atoms. The smallest absolute Gasteiger partial charge is 0.158 e. The molecule has 0 amide bonds. The van der Waals surface area contributed by atoms with Crippen LogP contribution in [0, 0.1) is 11.8 Å². The molecule has 1 aliphatic heterocycles. The SMILES string of the molecule is O=C1C=CC2C(CCN(CO)[C@H]2Cc2cc(O)c(O)cc2Cl)C1. The number of nitrogens with zero attached hydrogens (tertiary/aromatic N) is 1. The number of hydrogen-bond acceptors (Lipinski definition) is 5. The number of phenols is 2. The van der Waals surface area contributed by atoms with Crippen molar-refractivity contribution >= 4 is 17.4 Å². The van der Waals surface area contributed by atoms with E-state index in [2.05, 4.69) is 0 Å². The molecule has 1 aromatic rings. The highest BCUT2D eigenvalue weighted by Crippen LogP contribution is 2.39. The molecule has 2 aliphatic rings. The van der Waals surface area contributed by atoms with Crippen LogP contribution in [0.3, 0.4) is 0 Å². The summed E-state index contributed by atoms with van der Waals surface area (Å²) < 4.78 is 0. The van der Waals surface area contributed by atoms with Gasteiger partial charge in [-0.15, -0.1) is 0 Å². The number of benzene rings is 1. The van der Waals surface area contributed by atoms with Gasteiger partial charge in [-0.3, -0.25) is 9.69 Å². The van der Waals surface area contributed by atoms with Crippen LogP contribution in [0.2, 0.25) is 5.02 Å². The fourth-order valence-electron chi connectivity index (χ4n) is 3.73. The molecule has 0 spiro atoms. The second-order valence-electron chi connectivity index (χ2n) is 6.31. The predicted molar refractivity (Wildman–Crippen MR) is 86.4 cm³/mol. The van der Waals surface area contributed by atoms with Crippen LogP contribution in [-0.4, -0.2) is 45.3 Å². The number of rotatable bonds is 3. The summed E-state index contributed by atoms with van der Waals surface area (Å²) in [6.07, 6.45) is 5.53. The highest BCUT2D eigenvalue weighted by atomic mass is 35.5. The van der Waals surface area contributed by atoms with Gasteiger partial charge in [-0.2, -0.15) is 0 Å². The molecular weight excluding hydrogens is 318 g/mol. The third kappa shape index (κ3) is 3.22. The number of aromatic hydroxyl groups is 2. The average molecular weight is 338 g/mol. The van der Waals surface area contributed by atoms with Gasteiger partial charge in [0.2, 0.25) is 0 Å². The molecule has 3 N–H and O–H groups in total. The third-order valence-corrected chi connectivity index (χ3v) is 5.32. The number of fused-ring (bicyclic) bond motifs is 1. The van der Waals surface area contributed by atoms with E-state index in [1.54, 1.807) is 6.08 Å². The number of phenolic OH excluding ortho intramolecular Hbond substituents is 2. The highest BCUT2D eigenvalue weighted by Gasteiger charge is 2.39. The van der Waals surface area contributed by atoms with Gasteiger partial charge in [0.25, 0.3) is 0 Å². The van der Waals surface area contributed by atoms with Crippen LogP contribution in [0.4, 0.5) is 0 Å². The van der Waals surface area contributed by atoms with Gasteiger partial charge in [0.15, 0.2) is 17.3 Å². The Morgan fingerprint density at radius 3 is 2.74 bits per heavy atom. The van der Waals surface area contributed by atoms with Gasteiger partial charge in [0.1, 0.15) is 0 Å². The lowest BCUT2D eigenvalue weighted by Crippen LogP contribution is -2.51. The molecule has 1 saturated heterocycles.